The van der Waals surface area contributed by atoms with Crippen molar-refractivity contribution in [1.82, 2.24) is 0 Å². The van der Waals surface area contributed by atoms with Crippen LogP contribution < -0.4 is 4.90 Å². The fourth-order valence-electron chi connectivity index (χ4n) is 3.49. The maximum Gasteiger partial charge on any atom is 0.182 e. The Balaban J connectivity index is 1.76. The summed E-state index contributed by atoms with van der Waals surface area (Å²) in [6, 6.07) is 4.43. The maximum atomic E-state index is 13.6. The molecule has 3 rings (SSSR count). The number of piperidine rings is 1. The van der Waals surface area contributed by atoms with Crippen molar-refractivity contribution in [2.24, 2.45) is 23.7 Å². The van der Waals surface area contributed by atoms with E-state index < -0.39 is 11.6 Å². The Morgan fingerprint density at radius 2 is 1.82 bits per heavy atom. The Hall–Kier alpha value is -1.12. The van der Waals surface area contributed by atoms with E-state index in [0.29, 0.717) is 23.4 Å². The molecule has 1 saturated carbocycles. The van der Waals surface area contributed by atoms with E-state index in [0.717, 1.165) is 19.0 Å². The first-order valence-corrected chi connectivity index (χ1v) is 6.28. The predicted molar refractivity (Wildman–Crippen MR) is 63.9 cm³/mol. The van der Waals surface area contributed by atoms with Gasteiger partial charge in [0.15, 0.2) is 11.6 Å². The van der Waals surface area contributed by atoms with Crippen molar-refractivity contribution in [3.8, 4) is 0 Å². The van der Waals surface area contributed by atoms with Gasteiger partial charge in [0.1, 0.15) is 0 Å². The molecule has 2 aliphatic rings. The molecule has 1 heterocycles. The molecule has 0 N–H and O–H groups in total. The van der Waals surface area contributed by atoms with Gasteiger partial charge in [0.25, 0.3) is 0 Å². The predicted octanol–water partition coefficient (Wildman–Crippen LogP) is 3.30. The second kappa shape index (κ2) is 3.69. The van der Waals surface area contributed by atoms with E-state index in [2.05, 4.69) is 13.8 Å². The first kappa shape index (κ1) is 11.0. The molecule has 1 aliphatic heterocycles. The standard InChI is InChI=1S/C14H17F2N/c1-8(2)13-9-6-17(7-10(9)13)12-5-3-4-11(15)14(12)16/h3-5,8-10,13H,6-7H2,1-2H3. The van der Waals surface area contributed by atoms with Crippen molar-refractivity contribution in [3.05, 3.63) is 29.8 Å². The fourth-order valence-corrected chi connectivity index (χ4v) is 3.49. The topological polar surface area (TPSA) is 3.24 Å². The Bertz CT molecular complexity index is 432. The van der Waals surface area contributed by atoms with Crippen LogP contribution >= 0.6 is 0 Å². The van der Waals surface area contributed by atoms with Crippen LogP contribution in [0, 0.1) is 35.3 Å². The van der Waals surface area contributed by atoms with Gasteiger partial charge in [0.05, 0.1) is 5.69 Å². The van der Waals surface area contributed by atoms with Crippen molar-refractivity contribution in [2.75, 3.05) is 18.0 Å². The number of fused-ring (bicyclic) bond motifs is 1. The lowest BCUT2D eigenvalue weighted by Gasteiger charge is -2.23. The minimum absolute atomic E-state index is 0.430. The van der Waals surface area contributed by atoms with E-state index in [1.165, 1.54) is 6.07 Å². The lowest BCUT2D eigenvalue weighted by molar-refractivity contribution is 0.472. The summed E-state index contributed by atoms with van der Waals surface area (Å²) in [5.41, 5.74) is 0.430. The van der Waals surface area contributed by atoms with Crippen LogP contribution in [0.2, 0.25) is 0 Å². The van der Waals surface area contributed by atoms with Crippen LogP contribution in [0.25, 0.3) is 0 Å². The number of hydrogen-bond acceptors (Lipinski definition) is 1. The zero-order valence-electron chi connectivity index (χ0n) is 10.2. The lowest BCUT2D eigenvalue weighted by atomic mass is 10.0. The van der Waals surface area contributed by atoms with Gasteiger partial charge in [0, 0.05) is 13.1 Å². The van der Waals surface area contributed by atoms with Crippen LogP contribution in [0.3, 0.4) is 0 Å². The maximum absolute atomic E-state index is 13.6. The molecule has 0 aromatic heterocycles. The molecule has 0 spiro atoms. The van der Waals surface area contributed by atoms with Crippen LogP contribution in [0.4, 0.5) is 14.5 Å². The van der Waals surface area contributed by atoms with Crippen LogP contribution in [-0.2, 0) is 0 Å². The Morgan fingerprint density at radius 3 is 2.41 bits per heavy atom. The van der Waals surface area contributed by atoms with Gasteiger partial charge in [-0.1, -0.05) is 19.9 Å². The van der Waals surface area contributed by atoms with Gasteiger partial charge in [-0.15, -0.1) is 0 Å². The molecule has 2 fully saturated rings. The average molecular weight is 237 g/mol. The van der Waals surface area contributed by atoms with Crippen LogP contribution in [0.5, 0.6) is 0 Å². The second-order valence-corrected chi connectivity index (χ2v) is 5.63. The molecular formula is C14H17F2N. The monoisotopic (exact) mass is 237 g/mol. The minimum Gasteiger partial charge on any atom is -0.368 e. The molecule has 0 radical (unpaired) electrons. The molecule has 1 nitrogen and oxygen atoms in total. The Labute approximate surface area is 100 Å². The summed E-state index contributed by atoms with van der Waals surface area (Å²) in [4.78, 5) is 1.99. The molecular weight excluding hydrogens is 220 g/mol. The highest BCUT2D eigenvalue weighted by molar-refractivity contribution is 5.50. The summed E-state index contributed by atoms with van der Waals surface area (Å²) in [6.07, 6.45) is 0. The van der Waals surface area contributed by atoms with E-state index in [-0.39, 0.29) is 0 Å². The Morgan fingerprint density at radius 1 is 1.18 bits per heavy atom. The van der Waals surface area contributed by atoms with Gasteiger partial charge in [-0.3, -0.25) is 0 Å². The molecule has 1 aliphatic carbocycles. The molecule has 0 bridgehead atoms. The molecule has 3 heteroatoms. The summed E-state index contributed by atoms with van der Waals surface area (Å²) < 4.78 is 26.8. The quantitative estimate of drug-likeness (QED) is 0.762. The van der Waals surface area contributed by atoms with E-state index in [1.807, 2.05) is 4.90 Å². The third-order valence-corrected chi connectivity index (χ3v) is 4.30. The van der Waals surface area contributed by atoms with Crippen molar-refractivity contribution in [3.63, 3.8) is 0 Å². The molecule has 1 saturated heterocycles. The molecule has 92 valence electrons. The van der Waals surface area contributed by atoms with Gasteiger partial charge in [-0.2, -0.15) is 0 Å². The van der Waals surface area contributed by atoms with Crippen LogP contribution in [0.15, 0.2) is 18.2 Å². The lowest BCUT2D eigenvalue weighted by Crippen LogP contribution is -2.26. The van der Waals surface area contributed by atoms with Crippen molar-refractivity contribution >= 4 is 5.69 Å². The highest BCUT2D eigenvalue weighted by Gasteiger charge is 2.56. The number of halogens is 2. The SMILES string of the molecule is CC(C)C1C2CN(c3cccc(F)c3F)CC21. The summed E-state index contributed by atoms with van der Waals surface area (Å²) >= 11 is 0. The Kier molecular flexibility index (Phi) is 2.39. The zero-order chi connectivity index (χ0) is 12.2. The number of nitrogens with zero attached hydrogens (tertiary/aromatic N) is 1. The fraction of sp³-hybridized carbons (Fsp3) is 0.571. The second-order valence-electron chi connectivity index (χ2n) is 5.63. The molecule has 1 aromatic rings. The highest BCUT2D eigenvalue weighted by Crippen LogP contribution is 2.56. The first-order valence-electron chi connectivity index (χ1n) is 6.28. The smallest absolute Gasteiger partial charge is 0.182 e. The minimum atomic E-state index is -0.747. The summed E-state index contributed by atoms with van der Waals surface area (Å²) in [5, 5.41) is 0. The largest absolute Gasteiger partial charge is 0.368 e. The van der Waals surface area contributed by atoms with Gasteiger partial charge < -0.3 is 4.90 Å². The van der Waals surface area contributed by atoms with E-state index in [1.54, 1.807) is 12.1 Å². The number of hydrogen-bond donors (Lipinski definition) is 0. The van der Waals surface area contributed by atoms with Gasteiger partial charge in [0.2, 0.25) is 0 Å². The van der Waals surface area contributed by atoms with Gasteiger partial charge in [-0.05, 0) is 35.8 Å². The first-order chi connectivity index (χ1) is 8.09. The number of rotatable bonds is 2. The summed E-state index contributed by atoms with van der Waals surface area (Å²) in [6.45, 7) is 6.26. The van der Waals surface area contributed by atoms with Crippen molar-refractivity contribution < 1.29 is 8.78 Å². The molecule has 2 unspecified atom stereocenters. The highest BCUT2D eigenvalue weighted by atomic mass is 19.2. The average Bonchev–Trinajstić information content (AvgIpc) is 2.80. The summed E-state index contributed by atoms with van der Waals surface area (Å²) in [5.74, 6) is 1.45. The van der Waals surface area contributed by atoms with E-state index in [4.69, 9.17) is 0 Å². The zero-order valence-corrected chi connectivity index (χ0v) is 10.2. The van der Waals surface area contributed by atoms with E-state index in [9.17, 15) is 8.78 Å². The van der Waals surface area contributed by atoms with E-state index >= 15 is 0 Å². The van der Waals surface area contributed by atoms with Crippen LogP contribution in [0.1, 0.15) is 13.8 Å². The number of benzene rings is 1. The number of anilines is 1. The third kappa shape index (κ3) is 1.63. The molecule has 2 atom stereocenters. The third-order valence-electron chi connectivity index (χ3n) is 4.30. The summed E-state index contributed by atoms with van der Waals surface area (Å²) in [7, 11) is 0. The van der Waals surface area contributed by atoms with Crippen LogP contribution in [-0.4, -0.2) is 13.1 Å². The van der Waals surface area contributed by atoms with Crippen molar-refractivity contribution in [2.45, 2.75) is 13.8 Å². The van der Waals surface area contributed by atoms with Gasteiger partial charge in [-0.25, -0.2) is 8.78 Å². The normalized spacial score (nSPS) is 30.9. The van der Waals surface area contributed by atoms with Gasteiger partial charge >= 0.3 is 0 Å². The molecule has 1 aromatic carbocycles. The van der Waals surface area contributed by atoms with Crippen molar-refractivity contribution in [1.29, 1.82) is 0 Å². The molecule has 0 amide bonds. The molecule has 17 heavy (non-hydrogen) atoms.